The van der Waals surface area contributed by atoms with Gasteiger partial charge in [0, 0.05) is 20.7 Å². The predicted octanol–water partition coefficient (Wildman–Crippen LogP) is 1.81. The largest absolute Gasteiger partial charge is 0.497 e. The summed E-state index contributed by atoms with van der Waals surface area (Å²) in [6.07, 6.45) is -0.489. The van der Waals surface area contributed by atoms with E-state index in [0.29, 0.717) is 16.8 Å². The molecule has 27 heavy (non-hydrogen) atoms. The molecule has 9 heteroatoms. The van der Waals surface area contributed by atoms with Gasteiger partial charge in [0.15, 0.2) is 5.58 Å². The van der Waals surface area contributed by atoms with Gasteiger partial charge in [-0.1, -0.05) is 12.1 Å². The van der Waals surface area contributed by atoms with Crippen molar-refractivity contribution in [1.82, 2.24) is 9.29 Å². The molecule has 1 aromatic heterocycles. The van der Waals surface area contributed by atoms with Gasteiger partial charge < -0.3 is 13.9 Å². The van der Waals surface area contributed by atoms with E-state index in [2.05, 4.69) is 4.72 Å². The van der Waals surface area contributed by atoms with Gasteiger partial charge >= 0.3 is 5.76 Å². The van der Waals surface area contributed by atoms with Crippen molar-refractivity contribution in [2.45, 2.75) is 11.0 Å². The molecule has 1 unspecified atom stereocenters. The predicted molar refractivity (Wildman–Crippen MR) is 99.4 cm³/mol. The van der Waals surface area contributed by atoms with E-state index in [-0.39, 0.29) is 11.4 Å². The summed E-state index contributed by atoms with van der Waals surface area (Å²) in [5, 5.41) is 0. The molecule has 3 rings (SSSR count). The van der Waals surface area contributed by atoms with Gasteiger partial charge in [-0.25, -0.2) is 17.9 Å². The highest BCUT2D eigenvalue weighted by atomic mass is 32.2. The van der Waals surface area contributed by atoms with E-state index in [0.717, 1.165) is 5.56 Å². The third-order valence-electron chi connectivity index (χ3n) is 4.28. The number of fused-ring (bicyclic) bond motifs is 1. The lowest BCUT2D eigenvalue weighted by Crippen LogP contribution is -2.29. The summed E-state index contributed by atoms with van der Waals surface area (Å²) in [5.41, 5.74) is 1.51. The molecule has 144 valence electrons. The van der Waals surface area contributed by atoms with Crippen LogP contribution in [0.4, 0.5) is 0 Å². The fraction of sp³-hybridized carbons (Fsp3) is 0.278. The van der Waals surface area contributed by atoms with Crippen LogP contribution in [0.25, 0.3) is 11.1 Å². The van der Waals surface area contributed by atoms with Gasteiger partial charge in [0.25, 0.3) is 0 Å². The van der Waals surface area contributed by atoms with E-state index >= 15 is 0 Å². The maximum Gasteiger partial charge on any atom is 0.419 e. The average molecular weight is 392 g/mol. The second-order valence-corrected chi connectivity index (χ2v) is 7.68. The number of nitrogens with one attached hydrogen (secondary N) is 1. The highest BCUT2D eigenvalue weighted by molar-refractivity contribution is 7.89. The Balaban J connectivity index is 1.83. The van der Waals surface area contributed by atoms with E-state index in [9.17, 15) is 13.2 Å². The summed E-state index contributed by atoms with van der Waals surface area (Å²) in [7, 11) is 0.773. The monoisotopic (exact) mass is 392 g/mol. The van der Waals surface area contributed by atoms with Crippen LogP contribution in [0.1, 0.15) is 11.7 Å². The van der Waals surface area contributed by atoms with Crippen LogP contribution in [0.5, 0.6) is 5.75 Å². The molecule has 0 saturated heterocycles. The fourth-order valence-corrected chi connectivity index (χ4v) is 3.77. The van der Waals surface area contributed by atoms with Crippen LogP contribution in [0.15, 0.2) is 56.6 Å². The average Bonchev–Trinajstić information content (AvgIpc) is 2.96. The maximum absolute atomic E-state index is 12.7. The van der Waals surface area contributed by atoms with Crippen molar-refractivity contribution in [3.8, 4) is 5.75 Å². The number of rotatable bonds is 7. The SMILES string of the molecule is COc1cccc(C(CNS(=O)(=O)c2ccc3oc(=O)n(C)c3c2)OC)c1. The van der Waals surface area contributed by atoms with Crippen molar-refractivity contribution in [3.63, 3.8) is 0 Å². The minimum Gasteiger partial charge on any atom is -0.497 e. The standard InChI is InChI=1S/C18H20N2O6S/c1-20-15-10-14(7-8-16(15)26-18(20)21)27(22,23)19-11-17(25-3)12-5-4-6-13(9-12)24-2/h4-10,17,19H,11H2,1-3H3. The number of oxazole rings is 1. The smallest absolute Gasteiger partial charge is 0.419 e. The molecule has 0 amide bonds. The summed E-state index contributed by atoms with van der Waals surface area (Å²) in [6.45, 7) is 0.0361. The van der Waals surface area contributed by atoms with Crippen LogP contribution < -0.4 is 15.2 Å². The third-order valence-corrected chi connectivity index (χ3v) is 5.70. The minimum absolute atomic E-state index is 0.0342. The first-order chi connectivity index (χ1) is 12.9. The van der Waals surface area contributed by atoms with E-state index in [1.807, 2.05) is 12.1 Å². The Kier molecular flexibility index (Phi) is 5.36. The van der Waals surface area contributed by atoms with Crippen LogP contribution in [0.2, 0.25) is 0 Å². The molecule has 0 bridgehead atoms. The number of nitrogens with zero attached hydrogens (tertiary/aromatic N) is 1. The van der Waals surface area contributed by atoms with Crippen molar-refractivity contribution in [3.05, 3.63) is 58.6 Å². The molecule has 0 saturated carbocycles. The Bertz CT molecular complexity index is 1120. The Morgan fingerprint density at radius 2 is 1.96 bits per heavy atom. The zero-order chi connectivity index (χ0) is 19.6. The Labute approximate surface area is 156 Å². The van der Waals surface area contributed by atoms with Gasteiger partial charge in [0.1, 0.15) is 5.75 Å². The maximum atomic E-state index is 12.7. The van der Waals surface area contributed by atoms with E-state index in [1.165, 1.54) is 36.9 Å². The zero-order valence-corrected chi connectivity index (χ0v) is 15.9. The van der Waals surface area contributed by atoms with Gasteiger partial charge in [0.2, 0.25) is 10.0 Å². The lowest BCUT2D eigenvalue weighted by atomic mass is 10.1. The Morgan fingerprint density at radius 1 is 1.19 bits per heavy atom. The topological polar surface area (TPSA) is 99.8 Å². The van der Waals surface area contributed by atoms with Crippen molar-refractivity contribution in [2.75, 3.05) is 20.8 Å². The molecule has 0 aliphatic heterocycles. The summed E-state index contributed by atoms with van der Waals surface area (Å²) in [6, 6.07) is 11.5. The van der Waals surface area contributed by atoms with Gasteiger partial charge in [-0.3, -0.25) is 4.57 Å². The summed E-state index contributed by atoms with van der Waals surface area (Å²) in [5.74, 6) is 0.105. The molecule has 2 aromatic carbocycles. The number of sulfonamides is 1. The normalized spacial score (nSPS) is 13.0. The van der Waals surface area contributed by atoms with Crippen LogP contribution in [-0.4, -0.2) is 33.7 Å². The van der Waals surface area contributed by atoms with Crippen molar-refractivity contribution >= 4 is 21.1 Å². The molecule has 0 fully saturated rings. The molecule has 0 spiro atoms. The molecular weight excluding hydrogens is 372 g/mol. The van der Waals surface area contributed by atoms with Crippen LogP contribution >= 0.6 is 0 Å². The molecule has 1 atom stereocenters. The first-order valence-corrected chi connectivity index (χ1v) is 9.60. The van der Waals surface area contributed by atoms with Crippen LogP contribution in [-0.2, 0) is 21.8 Å². The third kappa shape index (κ3) is 3.90. The molecular formula is C18H20N2O6S. The molecule has 8 nitrogen and oxygen atoms in total. The number of benzene rings is 2. The zero-order valence-electron chi connectivity index (χ0n) is 15.1. The van der Waals surface area contributed by atoms with Crippen molar-refractivity contribution in [1.29, 1.82) is 0 Å². The van der Waals surface area contributed by atoms with Gasteiger partial charge in [0.05, 0.1) is 23.6 Å². The van der Waals surface area contributed by atoms with E-state index < -0.39 is 21.9 Å². The number of methoxy groups -OCH3 is 2. The van der Waals surface area contributed by atoms with Crippen LogP contribution in [0, 0.1) is 0 Å². The second-order valence-electron chi connectivity index (χ2n) is 5.91. The summed E-state index contributed by atoms with van der Waals surface area (Å²) >= 11 is 0. The fourth-order valence-electron chi connectivity index (χ4n) is 2.72. The van der Waals surface area contributed by atoms with Gasteiger partial charge in [-0.15, -0.1) is 0 Å². The number of aromatic nitrogens is 1. The van der Waals surface area contributed by atoms with Crippen LogP contribution in [0.3, 0.4) is 0 Å². The molecule has 0 aliphatic rings. The van der Waals surface area contributed by atoms with Crippen molar-refractivity contribution < 1.29 is 22.3 Å². The Hall–Kier alpha value is -2.62. The van der Waals surface area contributed by atoms with E-state index in [4.69, 9.17) is 13.9 Å². The number of hydrogen-bond donors (Lipinski definition) is 1. The van der Waals surface area contributed by atoms with Crippen molar-refractivity contribution in [2.24, 2.45) is 7.05 Å². The molecule has 1 N–H and O–H groups in total. The number of hydrogen-bond acceptors (Lipinski definition) is 6. The lowest BCUT2D eigenvalue weighted by Gasteiger charge is -2.17. The summed E-state index contributed by atoms with van der Waals surface area (Å²) < 4.78 is 44.7. The quantitative estimate of drug-likeness (QED) is 0.658. The first kappa shape index (κ1) is 19.2. The highest BCUT2D eigenvalue weighted by Gasteiger charge is 2.20. The van der Waals surface area contributed by atoms with Gasteiger partial charge in [-0.2, -0.15) is 0 Å². The summed E-state index contributed by atoms with van der Waals surface area (Å²) in [4.78, 5) is 11.6. The second kappa shape index (κ2) is 7.55. The molecule has 0 radical (unpaired) electrons. The first-order valence-electron chi connectivity index (χ1n) is 8.11. The Morgan fingerprint density at radius 3 is 2.67 bits per heavy atom. The number of ether oxygens (including phenoxy) is 2. The molecule has 1 heterocycles. The minimum atomic E-state index is -3.81. The van der Waals surface area contributed by atoms with Gasteiger partial charge in [-0.05, 0) is 35.9 Å². The highest BCUT2D eigenvalue weighted by Crippen LogP contribution is 2.22. The number of aryl methyl sites for hydroxylation is 1. The lowest BCUT2D eigenvalue weighted by molar-refractivity contribution is 0.107. The molecule has 0 aliphatic carbocycles. The molecule has 3 aromatic rings. The van der Waals surface area contributed by atoms with E-state index in [1.54, 1.807) is 19.2 Å².